The highest BCUT2D eigenvalue weighted by Gasteiger charge is 1.92. The zero-order valence-corrected chi connectivity index (χ0v) is 8.23. The van der Waals surface area contributed by atoms with Gasteiger partial charge in [-0.15, -0.1) is 0 Å². The maximum absolute atomic E-state index is 6.63. The second-order valence-corrected chi connectivity index (χ2v) is 3.08. The number of benzene rings is 1. The minimum Gasteiger partial charge on any atom is -0.374 e. The fraction of sp³-hybridized carbons (Fsp3) is 0.250. The van der Waals surface area contributed by atoms with Gasteiger partial charge in [0.25, 0.3) is 0 Å². The van der Waals surface area contributed by atoms with Crippen LogP contribution in [0.3, 0.4) is 0 Å². The highest BCUT2D eigenvalue weighted by molar-refractivity contribution is 5.13. The minimum atomic E-state index is 0.525. The van der Waals surface area contributed by atoms with Gasteiger partial charge in [-0.1, -0.05) is 37.3 Å². The Morgan fingerprint density at radius 3 is 2.79 bits per heavy atom. The summed E-state index contributed by atoms with van der Waals surface area (Å²) in [6.07, 6.45) is 1.49. The number of ether oxygens (including phenoxy) is 1. The Morgan fingerprint density at radius 2 is 2.14 bits per heavy atom. The van der Waals surface area contributed by atoms with E-state index in [1.807, 2.05) is 37.3 Å². The van der Waals surface area contributed by atoms with Crippen LogP contribution in [0.15, 0.2) is 42.1 Å². The molecule has 1 aromatic rings. The first kappa shape index (κ1) is 10.5. The normalized spacial score (nSPS) is 11.0. The molecule has 0 saturated heterocycles. The molecular formula is C12H13NO. The van der Waals surface area contributed by atoms with E-state index in [1.165, 1.54) is 6.20 Å². The topological polar surface area (TPSA) is 13.6 Å². The molecule has 0 fully saturated rings. The van der Waals surface area contributed by atoms with Crippen molar-refractivity contribution in [3.8, 4) is 0 Å². The molecule has 0 aliphatic carbocycles. The fourth-order valence-corrected chi connectivity index (χ4v) is 1.05. The zero-order chi connectivity index (χ0) is 10.2. The lowest BCUT2D eigenvalue weighted by molar-refractivity contribution is 0.142. The molecule has 72 valence electrons. The van der Waals surface area contributed by atoms with Gasteiger partial charge in [0.05, 0.1) is 19.8 Å². The van der Waals surface area contributed by atoms with Crippen molar-refractivity contribution in [2.75, 3.05) is 6.61 Å². The van der Waals surface area contributed by atoms with Gasteiger partial charge in [0.2, 0.25) is 0 Å². The van der Waals surface area contributed by atoms with Gasteiger partial charge < -0.3 is 4.74 Å². The average molecular weight is 187 g/mol. The van der Waals surface area contributed by atoms with E-state index >= 15 is 0 Å². The fourth-order valence-electron chi connectivity index (χ4n) is 1.05. The van der Waals surface area contributed by atoms with Crippen LogP contribution in [0.4, 0.5) is 0 Å². The molecular weight excluding hydrogens is 174 g/mol. The zero-order valence-electron chi connectivity index (χ0n) is 8.23. The van der Waals surface area contributed by atoms with Crippen LogP contribution in [0.25, 0.3) is 4.85 Å². The molecule has 2 heteroatoms. The summed E-state index contributed by atoms with van der Waals surface area (Å²) in [5.74, 6) is 0. The Bertz CT molecular complexity index is 335. The van der Waals surface area contributed by atoms with Crippen molar-refractivity contribution in [2.45, 2.75) is 13.5 Å². The first-order chi connectivity index (χ1) is 6.83. The van der Waals surface area contributed by atoms with Gasteiger partial charge >= 0.3 is 0 Å². The molecule has 0 atom stereocenters. The van der Waals surface area contributed by atoms with Crippen LogP contribution in [0.2, 0.25) is 0 Å². The van der Waals surface area contributed by atoms with E-state index in [-0.39, 0.29) is 0 Å². The molecule has 0 spiro atoms. The number of hydrogen-bond acceptors (Lipinski definition) is 1. The van der Waals surface area contributed by atoms with Crippen LogP contribution >= 0.6 is 0 Å². The number of hydrogen-bond donors (Lipinski definition) is 0. The summed E-state index contributed by atoms with van der Waals surface area (Å²) in [7, 11) is 0. The van der Waals surface area contributed by atoms with Gasteiger partial charge in [0.1, 0.15) is 0 Å². The predicted octanol–water partition coefficient (Wildman–Crippen LogP) is 3.03. The van der Waals surface area contributed by atoms with E-state index in [1.54, 1.807) is 0 Å². The van der Waals surface area contributed by atoms with E-state index in [2.05, 4.69) is 4.85 Å². The van der Waals surface area contributed by atoms with Crippen LogP contribution < -0.4 is 0 Å². The molecule has 0 saturated carbocycles. The minimum absolute atomic E-state index is 0.525. The number of nitrogens with zero attached hydrogens (tertiary/aromatic N) is 1. The van der Waals surface area contributed by atoms with Crippen molar-refractivity contribution in [1.82, 2.24) is 0 Å². The Labute approximate surface area is 84.6 Å². The summed E-state index contributed by atoms with van der Waals surface area (Å²) in [6, 6.07) is 10.00. The molecule has 1 aromatic carbocycles. The van der Waals surface area contributed by atoms with Gasteiger partial charge in [-0.2, -0.15) is 0 Å². The molecule has 0 amide bonds. The van der Waals surface area contributed by atoms with Crippen molar-refractivity contribution < 1.29 is 4.74 Å². The molecule has 0 aromatic heterocycles. The molecule has 0 bridgehead atoms. The van der Waals surface area contributed by atoms with E-state index in [9.17, 15) is 0 Å². The summed E-state index contributed by atoms with van der Waals surface area (Å²) in [5.41, 5.74) is 2.11. The summed E-state index contributed by atoms with van der Waals surface area (Å²) < 4.78 is 5.42. The summed E-state index contributed by atoms with van der Waals surface area (Å²) in [4.78, 5) is 3.17. The predicted molar refractivity (Wildman–Crippen MR) is 56.5 cm³/mol. The Kier molecular flexibility index (Phi) is 4.46. The first-order valence-electron chi connectivity index (χ1n) is 4.47. The molecule has 14 heavy (non-hydrogen) atoms. The summed E-state index contributed by atoms with van der Waals surface area (Å²) in [5, 5.41) is 0. The lowest BCUT2D eigenvalue weighted by Gasteiger charge is -2.03. The highest BCUT2D eigenvalue weighted by Crippen LogP contribution is 2.02. The second kappa shape index (κ2) is 5.95. The third-order valence-corrected chi connectivity index (χ3v) is 1.73. The van der Waals surface area contributed by atoms with E-state index in [0.29, 0.717) is 13.2 Å². The third kappa shape index (κ3) is 3.88. The lowest BCUT2D eigenvalue weighted by atomic mass is 10.2. The van der Waals surface area contributed by atoms with Crippen LogP contribution in [0.1, 0.15) is 12.5 Å². The first-order valence-corrected chi connectivity index (χ1v) is 4.47. The third-order valence-electron chi connectivity index (χ3n) is 1.73. The van der Waals surface area contributed by atoms with Crippen molar-refractivity contribution in [3.63, 3.8) is 0 Å². The molecule has 0 radical (unpaired) electrons. The van der Waals surface area contributed by atoms with Crippen molar-refractivity contribution in [2.24, 2.45) is 0 Å². The monoisotopic (exact) mass is 187 g/mol. The standard InChI is InChI=1S/C12H13NO/c1-11(8-13-2)9-14-10-12-6-4-3-5-7-12/h3-8H,9-10H2,1H3/b11-8+. The summed E-state index contributed by atoms with van der Waals surface area (Å²) >= 11 is 0. The van der Waals surface area contributed by atoms with Crippen molar-refractivity contribution in [1.29, 1.82) is 0 Å². The van der Waals surface area contributed by atoms with Gasteiger partial charge in [-0.25, -0.2) is 4.85 Å². The van der Waals surface area contributed by atoms with Gasteiger partial charge in [-0.05, 0) is 11.1 Å². The van der Waals surface area contributed by atoms with Crippen LogP contribution in [-0.4, -0.2) is 6.61 Å². The van der Waals surface area contributed by atoms with Crippen molar-refractivity contribution >= 4 is 0 Å². The second-order valence-electron chi connectivity index (χ2n) is 3.08. The molecule has 2 nitrogen and oxygen atoms in total. The van der Waals surface area contributed by atoms with E-state index < -0.39 is 0 Å². The molecule has 0 unspecified atom stereocenters. The largest absolute Gasteiger partial charge is 0.374 e. The van der Waals surface area contributed by atoms with Crippen LogP contribution in [0.5, 0.6) is 0 Å². The number of rotatable bonds is 4. The van der Waals surface area contributed by atoms with E-state index in [4.69, 9.17) is 11.3 Å². The Hall–Kier alpha value is -1.59. The van der Waals surface area contributed by atoms with Gasteiger partial charge in [0, 0.05) is 0 Å². The molecule has 0 heterocycles. The van der Waals surface area contributed by atoms with E-state index in [0.717, 1.165) is 11.1 Å². The summed E-state index contributed by atoms with van der Waals surface area (Å²) in [6.45, 7) is 9.64. The van der Waals surface area contributed by atoms with Crippen LogP contribution in [0, 0.1) is 6.57 Å². The maximum Gasteiger partial charge on any atom is 0.155 e. The molecule has 0 aliphatic heterocycles. The lowest BCUT2D eigenvalue weighted by Crippen LogP contribution is -1.95. The maximum atomic E-state index is 6.63. The molecule has 0 aliphatic rings. The molecule has 1 rings (SSSR count). The highest BCUT2D eigenvalue weighted by atomic mass is 16.5. The van der Waals surface area contributed by atoms with Crippen LogP contribution in [-0.2, 0) is 11.3 Å². The smallest absolute Gasteiger partial charge is 0.155 e. The quantitative estimate of drug-likeness (QED) is 0.660. The molecule has 0 N–H and O–H groups in total. The average Bonchev–Trinajstić information content (AvgIpc) is 2.20. The van der Waals surface area contributed by atoms with Crippen molar-refractivity contribution in [3.05, 3.63) is 59.1 Å². The van der Waals surface area contributed by atoms with Gasteiger partial charge in [-0.3, -0.25) is 0 Å². The van der Waals surface area contributed by atoms with Gasteiger partial charge in [0.15, 0.2) is 6.20 Å². The SMILES string of the molecule is [C-]#[N+]/C=C(\C)COCc1ccccc1. The Morgan fingerprint density at radius 1 is 1.43 bits per heavy atom. The Balaban J connectivity index is 2.30.